The molecule has 0 aromatic rings. The van der Waals surface area contributed by atoms with Crippen molar-refractivity contribution >= 4 is 0 Å². The van der Waals surface area contributed by atoms with E-state index in [0.29, 0.717) is 0 Å². The minimum absolute atomic E-state index is 0.539. The number of ether oxygens (including phenoxy) is 1. The molecule has 1 saturated heterocycles. The lowest BCUT2D eigenvalue weighted by Crippen LogP contribution is -2.70. The fraction of sp³-hybridized carbons (Fsp3) is 1.00. The van der Waals surface area contributed by atoms with Crippen molar-refractivity contribution in [2.24, 2.45) is 0 Å². The molecule has 1 aliphatic heterocycles. The molecule has 0 unspecified atom stereocenters. The van der Waals surface area contributed by atoms with Gasteiger partial charge >= 0.3 is 29.9 Å². The summed E-state index contributed by atoms with van der Waals surface area (Å²) >= 11 is 0. The SMILES string of the molecule is FC(F)(F)C(F)(C(F)(F)F)C(F)(F)C(F)(F)C[C@@H]1CO1. The second kappa shape index (κ2) is 4.34. The fourth-order valence-corrected chi connectivity index (χ4v) is 1.37. The number of hydrogen-bond donors (Lipinski definition) is 0. The zero-order valence-corrected chi connectivity index (χ0v) is 9.06. The minimum atomic E-state index is -7.37. The average Bonchev–Trinajstić information content (AvgIpc) is 2.95. The molecular formula is C8H5F11O. The predicted molar refractivity (Wildman–Crippen MR) is 40.2 cm³/mol. The number of alkyl halides is 11. The van der Waals surface area contributed by atoms with Crippen LogP contribution >= 0.6 is 0 Å². The van der Waals surface area contributed by atoms with Gasteiger partial charge < -0.3 is 4.74 Å². The topological polar surface area (TPSA) is 12.5 Å². The summed E-state index contributed by atoms with van der Waals surface area (Å²) in [5, 5.41) is 0. The van der Waals surface area contributed by atoms with Gasteiger partial charge in [0, 0.05) is 6.42 Å². The summed E-state index contributed by atoms with van der Waals surface area (Å²) in [7, 11) is 0. The van der Waals surface area contributed by atoms with E-state index in [-0.39, 0.29) is 0 Å². The van der Waals surface area contributed by atoms with Crippen LogP contribution in [-0.4, -0.2) is 42.6 Å². The molecule has 0 aromatic carbocycles. The molecule has 1 nitrogen and oxygen atoms in total. The van der Waals surface area contributed by atoms with Crippen molar-refractivity contribution < 1.29 is 53.0 Å². The molecule has 0 aromatic heterocycles. The van der Waals surface area contributed by atoms with E-state index in [2.05, 4.69) is 4.74 Å². The third kappa shape index (κ3) is 2.42. The predicted octanol–water partition coefficient (Wildman–Crippen LogP) is 3.88. The maximum absolute atomic E-state index is 13.0. The van der Waals surface area contributed by atoms with Gasteiger partial charge in [-0.1, -0.05) is 0 Å². The van der Waals surface area contributed by atoms with Crippen LogP contribution in [0.5, 0.6) is 0 Å². The van der Waals surface area contributed by atoms with E-state index in [1.54, 1.807) is 0 Å². The number of epoxide rings is 1. The Bertz CT molecular complexity index is 350. The Morgan fingerprint density at radius 2 is 1.10 bits per heavy atom. The van der Waals surface area contributed by atoms with Crippen molar-refractivity contribution in [3.8, 4) is 0 Å². The molecule has 120 valence electrons. The summed E-state index contributed by atoms with van der Waals surface area (Å²) in [6.45, 7) is -0.539. The first-order chi connectivity index (χ1) is 8.58. The first-order valence-corrected chi connectivity index (χ1v) is 4.77. The number of halogens is 11. The van der Waals surface area contributed by atoms with Gasteiger partial charge in [0.2, 0.25) is 0 Å². The molecule has 1 rings (SSSR count). The van der Waals surface area contributed by atoms with Gasteiger partial charge in [-0.15, -0.1) is 0 Å². The lowest BCUT2D eigenvalue weighted by atomic mass is 9.88. The smallest absolute Gasteiger partial charge is 0.373 e. The van der Waals surface area contributed by atoms with Crippen molar-refractivity contribution in [1.29, 1.82) is 0 Å². The van der Waals surface area contributed by atoms with Crippen LogP contribution in [0.4, 0.5) is 48.3 Å². The number of hydrogen-bond acceptors (Lipinski definition) is 1. The molecule has 0 spiro atoms. The van der Waals surface area contributed by atoms with E-state index < -0.39 is 49.0 Å². The summed E-state index contributed by atoms with van der Waals surface area (Å²) < 4.78 is 141. The number of rotatable bonds is 4. The van der Waals surface area contributed by atoms with Crippen LogP contribution in [-0.2, 0) is 4.74 Å². The molecule has 0 aliphatic carbocycles. The van der Waals surface area contributed by atoms with Gasteiger partial charge in [0.15, 0.2) is 0 Å². The maximum atomic E-state index is 13.0. The largest absolute Gasteiger partial charge is 0.438 e. The maximum Gasteiger partial charge on any atom is 0.438 e. The summed E-state index contributed by atoms with van der Waals surface area (Å²) in [5.74, 6) is -12.9. The Morgan fingerprint density at radius 1 is 0.750 bits per heavy atom. The highest BCUT2D eigenvalue weighted by Gasteiger charge is 2.90. The molecule has 0 radical (unpaired) electrons. The van der Waals surface area contributed by atoms with Crippen molar-refractivity contribution in [3.05, 3.63) is 0 Å². The molecular weight excluding hydrogens is 321 g/mol. The molecule has 1 fully saturated rings. The second-order valence-electron chi connectivity index (χ2n) is 4.09. The van der Waals surface area contributed by atoms with Crippen LogP contribution in [0.25, 0.3) is 0 Å². The van der Waals surface area contributed by atoms with Crippen molar-refractivity contribution in [2.45, 2.75) is 42.4 Å². The second-order valence-corrected chi connectivity index (χ2v) is 4.09. The third-order valence-corrected chi connectivity index (χ3v) is 2.56. The Kier molecular flexibility index (Phi) is 3.74. The van der Waals surface area contributed by atoms with Gasteiger partial charge in [0.05, 0.1) is 12.7 Å². The lowest BCUT2D eigenvalue weighted by molar-refractivity contribution is -0.427. The standard InChI is InChI=1S/C8H5F11O/c9-4(10,1-3-2-20-3)6(12,13)5(11,7(14,15)16)8(17,18)19/h3H,1-2H2/t3-/m1/s1. The third-order valence-electron chi connectivity index (χ3n) is 2.56. The molecule has 0 saturated carbocycles. The van der Waals surface area contributed by atoms with E-state index in [4.69, 9.17) is 0 Å². The monoisotopic (exact) mass is 326 g/mol. The van der Waals surface area contributed by atoms with E-state index >= 15 is 0 Å². The Hall–Kier alpha value is -0.810. The van der Waals surface area contributed by atoms with Crippen LogP contribution < -0.4 is 0 Å². The zero-order valence-electron chi connectivity index (χ0n) is 9.06. The minimum Gasteiger partial charge on any atom is -0.373 e. The van der Waals surface area contributed by atoms with Crippen LogP contribution in [0.15, 0.2) is 0 Å². The zero-order chi connectivity index (χ0) is 16.2. The molecule has 12 heteroatoms. The highest BCUT2D eigenvalue weighted by Crippen LogP contribution is 2.60. The molecule has 20 heavy (non-hydrogen) atoms. The molecule has 0 N–H and O–H groups in total. The summed E-state index contributed by atoms with van der Waals surface area (Å²) in [6, 6.07) is 0. The van der Waals surface area contributed by atoms with Gasteiger partial charge in [0.1, 0.15) is 0 Å². The van der Waals surface area contributed by atoms with Crippen molar-refractivity contribution in [3.63, 3.8) is 0 Å². The average molecular weight is 326 g/mol. The van der Waals surface area contributed by atoms with Crippen LogP contribution in [0.3, 0.4) is 0 Å². The van der Waals surface area contributed by atoms with Crippen LogP contribution in [0.1, 0.15) is 6.42 Å². The van der Waals surface area contributed by atoms with Crippen LogP contribution in [0.2, 0.25) is 0 Å². The van der Waals surface area contributed by atoms with Crippen LogP contribution in [0, 0.1) is 0 Å². The van der Waals surface area contributed by atoms with Gasteiger partial charge in [-0.3, -0.25) is 0 Å². The first-order valence-electron chi connectivity index (χ1n) is 4.77. The van der Waals surface area contributed by atoms with E-state index in [0.717, 1.165) is 0 Å². The van der Waals surface area contributed by atoms with Gasteiger partial charge in [0.25, 0.3) is 0 Å². The highest BCUT2D eigenvalue weighted by atomic mass is 19.4. The lowest BCUT2D eigenvalue weighted by Gasteiger charge is -2.39. The van der Waals surface area contributed by atoms with Gasteiger partial charge in [-0.05, 0) is 0 Å². The fourth-order valence-electron chi connectivity index (χ4n) is 1.37. The van der Waals surface area contributed by atoms with E-state index in [1.807, 2.05) is 0 Å². The van der Waals surface area contributed by atoms with Crippen molar-refractivity contribution in [2.75, 3.05) is 6.61 Å². The van der Waals surface area contributed by atoms with Gasteiger partial charge in [-0.25, -0.2) is 4.39 Å². The van der Waals surface area contributed by atoms with Crippen molar-refractivity contribution in [1.82, 2.24) is 0 Å². The molecule has 1 heterocycles. The van der Waals surface area contributed by atoms with E-state index in [9.17, 15) is 48.3 Å². The quantitative estimate of drug-likeness (QED) is 0.564. The summed E-state index contributed by atoms with van der Waals surface area (Å²) in [4.78, 5) is 0. The summed E-state index contributed by atoms with van der Waals surface area (Å²) in [6.07, 6.45) is -18.3. The summed E-state index contributed by atoms with van der Waals surface area (Å²) in [5.41, 5.74) is -7.37. The highest BCUT2D eigenvalue weighted by molar-refractivity contribution is 5.11. The Morgan fingerprint density at radius 3 is 1.35 bits per heavy atom. The Labute approximate surface area is 103 Å². The first kappa shape index (κ1) is 17.2. The normalized spacial score (nSPS) is 22.1. The van der Waals surface area contributed by atoms with Gasteiger partial charge in [-0.2, -0.15) is 43.9 Å². The molecule has 0 bridgehead atoms. The van der Waals surface area contributed by atoms with E-state index in [1.165, 1.54) is 0 Å². The molecule has 1 aliphatic rings. The Balaban J connectivity index is 3.31. The molecule has 0 amide bonds. The molecule has 1 atom stereocenters.